The summed E-state index contributed by atoms with van der Waals surface area (Å²) in [5, 5.41) is 3.81. The Morgan fingerprint density at radius 3 is 1.69 bits per heavy atom. The van der Waals surface area contributed by atoms with Crippen LogP contribution in [0.25, 0.3) is 38.6 Å². The SMILES string of the molecule is C=C.CC.CC.CCCC.Cc1nc2c3ccccc3c3cc(CC(C)(C)C)ccc3n2c1-c1c(C(C)C)cccc1C(C)C. The maximum atomic E-state index is 5.21. The molecule has 2 aromatic heterocycles. The minimum atomic E-state index is 0.243. The second-order valence-corrected chi connectivity index (χ2v) is 13.0. The van der Waals surface area contributed by atoms with E-state index in [2.05, 4.69) is 147 Å². The lowest BCUT2D eigenvalue weighted by molar-refractivity contribution is 0.411. The third-order valence-electron chi connectivity index (χ3n) is 7.66. The first-order chi connectivity index (χ1) is 21.5. The van der Waals surface area contributed by atoms with Crippen LogP contribution in [0.15, 0.2) is 73.8 Å². The van der Waals surface area contributed by atoms with Crippen molar-refractivity contribution in [2.45, 2.75) is 128 Å². The van der Waals surface area contributed by atoms with Gasteiger partial charge in [-0.15, -0.1) is 13.2 Å². The van der Waals surface area contributed by atoms with Crippen molar-refractivity contribution in [3.63, 3.8) is 0 Å². The Kier molecular flexibility index (Phi) is 16.3. The average molecular weight is 609 g/mol. The molecule has 246 valence electrons. The summed E-state index contributed by atoms with van der Waals surface area (Å²) in [6, 6.07) is 22.7. The number of unbranched alkanes of at least 4 members (excludes halogenated alkanes) is 1. The van der Waals surface area contributed by atoms with Crippen LogP contribution in [0.3, 0.4) is 0 Å². The van der Waals surface area contributed by atoms with Crippen LogP contribution in [0.4, 0.5) is 0 Å². The van der Waals surface area contributed by atoms with E-state index in [1.54, 1.807) is 0 Å². The van der Waals surface area contributed by atoms with E-state index in [1.165, 1.54) is 62.5 Å². The molecule has 0 saturated heterocycles. The number of pyridine rings is 1. The predicted octanol–water partition coefficient (Wildman–Crippen LogP) is 14.1. The van der Waals surface area contributed by atoms with Gasteiger partial charge in [-0.25, -0.2) is 4.98 Å². The Morgan fingerprint density at radius 1 is 0.711 bits per heavy atom. The monoisotopic (exact) mass is 609 g/mol. The maximum absolute atomic E-state index is 5.21. The number of hydrogen-bond acceptors (Lipinski definition) is 1. The van der Waals surface area contributed by atoms with E-state index in [0.717, 1.165) is 17.8 Å². The molecule has 0 aliphatic rings. The Hall–Kier alpha value is -3.39. The molecule has 0 saturated carbocycles. The zero-order valence-electron chi connectivity index (χ0n) is 31.4. The lowest BCUT2D eigenvalue weighted by Crippen LogP contribution is -2.09. The minimum Gasteiger partial charge on any atom is -0.291 e. The van der Waals surface area contributed by atoms with Crippen LogP contribution in [-0.4, -0.2) is 9.38 Å². The summed E-state index contributed by atoms with van der Waals surface area (Å²) in [7, 11) is 0. The normalized spacial score (nSPS) is 10.8. The Bertz CT molecular complexity index is 1580. The molecule has 45 heavy (non-hydrogen) atoms. The van der Waals surface area contributed by atoms with Gasteiger partial charge in [0.2, 0.25) is 0 Å². The van der Waals surface area contributed by atoms with Crippen molar-refractivity contribution in [1.82, 2.24) is 9.38 Å². The van der Waals surface area contributed by atoms with E-state index < -0.39 is 0 Å². The van der Waals surface area contributed by atoms with Crippen LogP contribution in [0.5, 0.6) is 0 Å². The van der Waals surface area contributed by atoms with Crippen molar-refractivity contribution in [3.8, 4) is 11.3 Å². The van der Waals surface area contributed by atoms with E-state index >= 15 is 0 Å². The molecule has 0 radical (unpaired) electrons. The summed E-state index contributed by atoms with van der Waals surface area (Å²) < 4.78 is 2.45. The molecule has 0 bridgehead atoms. The summed E-state index contributed by atoms with van der Waals surface area (Å²) >= 11 is 0. The van der Waals surface area contributed by atoms with Crippen molar-refractivity contribution >= 4 is 27.3 Å². The van der Waals surface area contributed by atoms with Crippen LogP contribution >= 0.6 is 0 Å². The number of aryl methyl sites for hydroxylation is 1. The molecule has 0 N–H and O–H groups in total. The largest absolute Gasteiger partial charge is 0.291 e. The van der Waals surface area contributed by atoms with Gasteiger partial charge in [-0.2, -0.15) is 0 Å². The van der Waals surface area contributed by atoms with Gasteiger partial charge in [0.15, 0.2) is 0 Å². The highest BCUT2D eigenvalue weighted by Gasteiger charge is 2.24. The Balaban J connectivity index is 0.000000910. The van der Waals surface area contributed by atoms with E-state index in [-0.39, 0.29) is 5.41 Å². The second kappa shape index (κ2) is 18.5. The van der Waals surface area contributed by atoms with Crippen LogP contribution < -0.4 is 0 Å². The number of rotatable bonds is 5. The second-order valence-electron chi connectivity index (χ2n) is 13.0. The number of imidazole rings is 1. The topological polar surface area (TPSA) is 17.3 Å². The lowest BCUT2D eigenvalue weighted by atomic mass is 9.86. The fourth-order valence-electron chi connectivity index (χ4n) is 5.69. The zero-order chi connectivity index (χ0) is 34.5. The molecule has 5 rings (SSSR count). The molecule has 0 unspecified atom stereocenters. The van der Waals surface area contributed by atoms with Gasteiger partial charge in [0.25, 0.3) is 0 Å². The first-order valence-electron chi connectivity index (χ1n) is 17.4. The highest BCUT2D eigenvalue weighted by atomic mass is 15.0. The Labute approximate surface area is 277 Å². The quantitative estimate of drug-likeness (QED) is 0.143. The maximum Gasteiger partial charge on any atom is 0.145 e. The summed E-state index contributed by atoms with van der Waals surface area (Å²) in [6.45, 7) is 36.7. The number of nitrogens with zero attached hydrogens (tertiary/aromatic N) is 2. The first kappa shape index (κ1) is 39.6. The third kappa shape index (κ3) is 9.32. The van der Waals surface area contributed by atoms with Crippen molar-refractivity contribution in [3.05, 3.63) is 96.2 Å². The van der Waals surface area contributed by atoms with Crippen molar-refractivity contribution in [2.24, 2.45) is 5.41 Å². The van der Waals surface area contributed by atoms with Gasteiger partial charge in [0.1, 0.15) is 5.65 Å². The molecular formula is C43H64N2. The number of benzene rings is 3. The van der Waals surface area contributed by atoms with Gasteiger partial charge in [-0.05, 0) is 64.8 Å². The average Bonchev–Trinajstić information content (AvgIpc) is 3.39. The number of aromatic nitrogens is 2. The van der Waals surface area contributed by atoms with Gasteiger partial charge in [0.05, 0.1) is 16.9 Å². The number of fused-ring (bicyclic) bond motifs is 6. The predicted molar refractivity (Wildman–Crippen MR) is 206 cm³/mol. The van der Waals surface area contributed by atoms with Gasteiger partial charge < -0.3 is 0 Å². The highest BCUT2D eigenvalue weighted by Crippen LogP contribution is 2.41. The molecule has 2 heteroatoms. The van der Waals surface area contributed by atoms with E-state index in [0.29, 0.717) is 11.8 Å². The summed E-state index contributed by atoms with van der Waals surface area (Å²) in [5.74, 6) is 0.859. The van der Waals surface area contributed by atoms with Crippen molar-refractivity contribution in [2.75, 3.05) is 0 Å². The molecule has 3 aromatic carbocycles. The molecule has 0 aliphatic carbocycles. The van der Waals surface area contributed by atoms with Crippen LogP contribution in [0, 0.1) is 12.3 Å². The molecule has 0 aliphatic heterocycles. The molecule has 0 spiro atoms. The molecule has 2 heterocycles. The lowest BCUT2D eigenvalue weighted by Gasteiger charge is -2.22. The third-order valence-corrected chi connectivity index (χ3v) is 7.66. The Morgan fingerprint density at radius 2 is 1.22 bits per heavy atom. The fourth-order valence-corrected chi connectivity index (χ4v) is 5.69. The van der Waals surface area contributed by atoms with Crippen LogP contribution in [-0.2, 0) is 6.42 Å². The molecule has 0 atom stereocenters. The summed E-state index contributed by atoms with van der Waals surface area (Å²) in [5.41, 5.74) is 10.4. The van der Waals surface area contributed by atoms with Crippen molar-refractivity contribution < 1.29 is 0 Å². The molecule has 2 nitrogen and oxygen atoms in total. The minimum absolute atomic E-state index is 0.243. The smallest absolute Gasteiger partial charge is 0.145 e. The zero-order valence-corrected chi connectivity index (χ0v) is 31.4. The standard InChI is InChI=1S/C33H38N2.C4H10.2C2H6.C2H4/c1-20(2)24-14-11-15-25(21(3)4)30(24)31-22(5)34-32-27-13-10-9-12-26(27)28-18-23(19-33(6,7)8)16-17-29(28)35(31)32;1-3-4-2;3*1-2/h9-18,20-21H,19H2,1-8H3;3-4H2,1-2H3;2*1-2H3;1-2H2. The molecular weight excluding hydrogens is 544 g/mol. The van der Waals surface area contributed by atoms with Gasteiger partial charge in [-0.3, -0.25) is 4.40 Å². The van der Waals surface area contributed by atoms with E-state index in [9.17, 15) is 0 Å². The van der Waals surface area contributed by atoms with Gasteiger partial charge in [-0.1, -0.05) is 151 Å². The van der Waals surface area contributed by atoms with Gasteiger partial charge >= 0.3 is 0 Å². The van der Waals surface area contributed by atoms with Crippen LogP contribution in [0.1, 0.15) is 137 Å². The molecule has 0 fully saturated rings. The van der Waals surface area contributed by atoms with Crippen molar-refractivity contribution in [1.29, 1.82) is 0 Å². The summed E-state index contributed by atoms with van der Waals surface area (Å²) in [4.78, 5) is 5.21. The summed E-state index contributed by atoms with van der Waals surface area (Å²) in [6.07, 6.45) is 3.69. The fraction of sp³-hybridized carbons (Fsp3) is 0.465. The molecule has 0 amide bonds. The highest BCUT2D eigenvalue weighted by molar-refractivity contribution is 6.12. The molecule has 5 aromatic rings. The van der Waals surface area contributed by atoms with Gasteiger partial charge in [0, 0.05) is 16.3 Å². The van der Waals surface area contributed by atoms with Crippen LogP contribution in [0.2, 0.25) is 0 Å². The van der Waals surface area contributed by atoms with E-state index in [4.69, 9.17) is 4.98 Å². The van der Waals surface area contributed by atoms with E-state index in [1.807, 2.05) is 27.7 Å². The number of hydrogen-bond donors (Lipinski definition) is 0. The first-order valence-corrected chi connectivity index (χ1v) is 17.4.